The molecule has 17 heavy (non-hydrogen) atoms. The Morgan fingerprint density at radius 1 is 1.35 bits per heavy atom. The maximum atomic E-state index is 11.5. The Labute approximate surface area is 101 Å². The van der Waals surface area contributed by atoms with Crippen molar-refractivity contribution >= 4 is 11.9 Å². The lowest BCUT2D eigenvalue weighted by Gasteiger charge is -2.25. The van der Waals surface area contributed by atoms with Gasteiger partial charge in [-0.05, 0) is 25.9 Å². The summed E-state index contributed by atoms with van der Waals surface area (Å²) in [5.74, 6) is -0.698. The summed E-state index contributed by atoms with van der Waals surface area (Å²) in [5, 5.41) is 0. The van der Waals surface area contributed by atoms with E-state index in [4.69, 9.17) is 9.47 Å². The zero-order valence-electron chi connectivity index (χ0n) is 10.0. The van der Waals surface area contributed by atoms with E-state index >= 15 is 0 Å². The van der Waals surface area contributed by atoms with Crippen LogP contribution in [0, 0.1) is 0 Å². The molecule has 1 atom stereocenters. The lowest BCUT2D eigenvalue weighted by atomic mass is 10.1. The molecular weight excluding hydrogens is 222 g/mol. The number of cyclic esters (lactones) is 1. The summed E-state index contributed by atoms with van der Waals surface area (Å²) in [4.78, 5) is 24.9. The number of carbonyl (C=O) groups is 2. The molecule has 0 N–H and O–H groups in total. The van der Waals surface area contributed by atoms with Crippen LogP contribution >= 0.6 is 0 Å². The van der Waals surface area contributed by atoms with E-state index in [1.807, 2.05) is 0 Å². The van der Waals surface area contributed by atoms with Crippen LogP contribution in [-0.2, 0) is 19.1 Å². The maximum Gasteiger partial charge on any atom is 0.347 e. The number of hydrogen-bond acceptors (Lipinski definition) is 5. The van der Waals surface area contributed by atoms with E-state index in [0.717, 1.165) is 19.6 Å². The summed E-state index contributed by atoms with van der Waals surface area (Å²) in [5.41, 5.74) is 0. The highest BCUT2D eigenvalue weighted by Crippen LogP contribution is 2.12. The number of piperidine rings is 1. The van der Waals surface area contributed by atoms with Gasteiger partial charge in [0, 0.05) is 13.0 Å². The third kappa shape index (κ3) is 3.70. The van der Waals surface area contributed by atoms with Gasteiger partial charge < -0.3 is 14.4 Å². The Balaban J connectivity index is 1.64. The molecule has 2 heterocycles. The van der Waals surface area contributed by atoms with Gasteiger partial charge in [-0.1, -0.05) is 6.42 Å². The summed E-state index contributed by atoms with van der Waals surface area (Å²) < 4.78 is 9.81. The van der Waals surface area contributed by atoms with Gasteiger partial charge in [-0.3, -0.25) is 4.79 Å². The van der Waals surface area contributed by atoms with Crippen molar-refractivity contribution in [1.29, 1.82) is 0 Å². The Morgan fingerprint density at radius 2 is 2.12 bits per heavy atom. The van der Waals surface area contributed by atoms with Gasteiger partial charge in [-0.15, -0.1) is 0 Å². The summed E-state index contributed by atoms with van der Waals surface area (Å²) in [6, 6.07) is 0. The summed E-state index contributed by atoms with van der Waals surface area (Å²) >= 11 is 0. The van der Waals surface area contributed by atoms with Gasteiger partial charge in [0.25, 0.3) is 0 Å². The predicted molar refractivity (Wildman–Crippen MR) is 60.4 cm³/mol. The number of nitrogens with zero attached hydrogens (tertiary/aromatic N) is 1. The minimum Gasteiger partial charge on any atom is -0.463 e. The van der Waals surface area contributed by atoms with Crippen LogP contribution in [0.1, 0.15) is 32.1 Å². The molecule has 5 nitrogen and oxygen atoms in total. The van der Waals surface area contributed by atoms with Crippen LogP contribution in [0.5, 0.6) is 0 Å². The van der Waals surface area contributed by atoms with Gasteiger partial charge in [0.05, 0.1) is 13.0 Å². The number of esters is 2. The lowest BCUT2D eigenvalue weighted by Crippen LogP contribution is -2.32. The topological polar surface area (TPSA) is 55.8 Å². The molecule has 0 aromatic heterocycles. The van der Waals surface area contributed by atoms with Crippen molar-refractivity contribution in [3.8, 4) is 0 Å². The van der Waals surface area contributed by atoms with Crippen LogP contribution in [0.2, 0.25) is 0 Å². The Hall–Kier alpha value is -1.10. The molecule has 1 unspecified atom stereocenters. The number of ether oxygens (including phenoxy) is 2. The molecular formula is C12H19NO4. The number of carbonyl (C=O) groups excluding carboxylic acids is 2. The fourth-order valence-electron chi connectivity index (χ4n) is 2.23. The Kier molecular flexibility index (Phi) is 4.36. The first-order valence-corrected chi connectivity index (χ1v) is 6.34. The zero-order chi connectivity index (χ0) is 12.1. The highest BCUT2D eigenvalue weighted by atomic mass is 16.6. The van der Waals surface area contributed by atoms with Gasteiger partial charge in [-0.2, -0.15) is 0 Å². The van der Waals surface area contributed by atoms with E-state index in [0.29, 0.717) is 19.4 Å². The fraction of sp³-hybridized carbons (Fsp3) is 0.833. The summed E-state index contributed by atoms with van der Waals surface area (Å²) in [6.07, 6.45) is 3.91. The molecule has 2 aliphatic rings. The third-order valence-electron chi connectivity index (χ3n) is 3.24. The molecule has 0 aromatic rings. The lowest BCUT2D eigenvalue weighted by molar-refractivity contribution is -0.160. The standard InChI is InChI=1S/C12H19NO4/c14-11(17-10-5-9-16-12(10)15)4-8-13-6-2-1-3-7-13/h10H,1-9H2. The van der Waals surface area contributed by atoms with E-state index in [-0.39, 0.29) is 5.97 Å². The maximum absolute atomic E-state index is 11.5. The van der Waals surface area contributed by atoms with Gasteiger partial charge in [0.1, 0.15) is 0 Å². The summed E-state index contributed by atoms with van der Waals surface area (Å²) in [7, 11) is 0. The minimum absolute atomic E-state index is 0.292. The second kappa shape index (κ2) is 6.00. The van der Waals surface area contributed by atoms with E-state index in [9.17, 15) is 9.59 Å². The average molecular weight is 241 g/mol. The van der Waals surface area contributed by atoms with Crippen molar-refractivity contribution in [2.45, 2.75) is 38.2 Å². The molecule has 0 aromatic carbocycles. The zero-order valence-corrected chi connectivity index (χ0v) is 10.0. The molecule has 0 bridgehead atoms. The highest BCUT2D eigenvalue weighted by Gasteiger charge is 2.30. The van der Waals surface area contributed by atoms with Gasteiger partial charge in [-0.25, -0.2) is 4.79 Å². The molecule has 2 rings (SSSR count). The van der Waals surface area contributed by atoms with Crippen LogP contribution in [-0.4, -0.2) is 49.2 Å². The smallest absolute Gasteiger partial charge is 0.347 e. The molecule has 96 valence electrons. The minimum atomic E-state index is -0.663. The number of rotatable bonds is 4. The second-order valence-electron chi connectivity index (χ2n) is 4.59. The first-order chi connectivity index (χ1) is 8.25. The SMILES string of the molecule is O=C(CCN1CCCCC1)OC1CCOC1=O. The molecule has 5 heteroatoms. The Bertz CT molecular complexity index is 286. The van der Waals surface area contributed by atoms with Crippen LogP contribution < -0.4 is 0 Å². The van der Waals surface area contributed by atoms with Crippen molar-refractivity contribution < 1.29 is 19.1 Å². The van der Waals surface area contributed by atoms with Crippen molar-refractivity contribution in [3.63, 3.8) is 0 Å². The quantitative estimate of drug-likeness (QED) is 0.679. The van der Waals surface area contributed by atoms with E-state index in [1.165, 1.54) is 19.3 Å². The predicted octanol–water partition coefficient (Wildman–Crippen LogP) is 0.721. The Morgan fingerprint density at radius 3 is 2.76 bits per heavy atom. The van der Waals surface area contributed by atoms with E-state index in [1.54, 1.807) is 0 Å². The molecule has 2 saturated heterocycles. The molecule has 0 spiro atoms. The third-order valence-corrected chi connectivity index (χ3v) is 3.24. The van der Waals surface area contributed by atoms with E-state index < -0.39 is 12.1 Å². The van der Waals surface area contributed by atoms with Gasteiger partial charge in [0.2, 0.25) is 6.10 Å². The first-order valence-electron chi connectivity index (χ1n) is 6.34. The number of hydrogen-bond donors (Lipinski definition) is 0. The highest BCUT2D eigenvalue weighted by molar-refractivity contribution is 5.80. The van der Waals surface area contributed by atoms with Crippen LogP contribution in [0.25, 0.3) is 0 Å². The summed E-state index contributed by atoms with van der Waals surface area (Å²) in [6.45, 7) is 3.24. The first kappa shape index (κ1) is 12.4. The van der Waals surface area contributed by atoms with Gasteiger partial charge in [0.15, 0.2) is 0 Å². The van der Waals surface area contributed by atoms with Crippen molar-refractivity contribution in [3.05, 3.63) is 0 Å². The molecule has 0 radical (unpaired) electrons. The molecule has 0 amide bonds. The van der Waals surface area contributed by atoms with Crippen LogP contribution in [0.15, 0.2) is 0 Å². The van der Waals surface area contributed by atoms with Crippen molar-refractivity contribution in [2.24, 2.45) is 0 Å². The molecule has 0 aliphatic carbocycles. The fourth-order valence-corrected chi connectivity index (χ4v) is 2.23. The second-order valence-corrected chi connectivity index (χ2v) is 4.59. The molecule has 0 saturated carbocycles. The largest absolute Gasteiger partial charge is 0.463 e. The van der Waals surface area contributed by atoms with Crippen LogP contribution in [0.4, 0.5) is 0 Å². The molecule has 2 aliphatic heterocycles. The molecule has 2 fully saturated rings. The normalized spacial score (nSPS) is 25.6. The average Bonchev–Trinajstić information content (AvgIpc) is 2.74. The van der Waals surface area contributed by atoms with E-state index in [2.05, 4.69) is 4.90 Å². The van der Waals surface area contributed by atoms with Gasteiger partial charge >= 0.3 is 11.9 Å². The van der Waals surface area contributed by atoms with Crippen molar-refractivity contribution in [2.75, 3.05) is 26.2 Å². The number of likely N-dealkylation sites (tertiary alicyclic amines) is 1. The van der Waals surface area contributed by atoms with Crippen LogP contribution in [0.3, 0.4) is 0 Å². The van der Waals surface area contributed by atoms with Crippen molar-refractivity contribution in [1.82, 2.24) is 4.90 Å². The monoisotopic (exact) mass is 241 g/mol.